The number of amides is 4. The Hall–Kier alpha value is -3.59. The van der Waals surface area contributed by atoms with Crippen LogP contribution in [0, 0.1) is 0 Å². The van der Waals surface area contributed by atoms with Crippen molar-refractivity contribution in [3.63, 3.8) is 0 Å². The van der Waals surface area contributed by atoms with Crippen LogP contribution < -0.4 is 10.2 Å². The number of hydroxylamine groups is 2. The van der Waals surface area contributed by atoms with Crippen LogP contribution in [0.5, 0.6) is 0 Å². The largest absolute Gasteiger partial charge is 0.480 e. The Kier molecular flexibility index (Phi) is 5.66. The van der Waals surface area contributed by atoms with E-state index in [-0.39, 0.29) is 0 Å². The normalized spacial score (nSPS) is 18.8. The second-order valence-electron chi connectivity index (χ2n) is 7.54. The molecule has 1 aliphatic rings. The summed E-state index contributed by atoms with van der Waals surface area (Å²) in [6, 6.07) is 14.4. The SMILES string of the molecule is CC(C(=O)O)N1C(=O)N(c2ccccc2)C(N(O)C(=O)Nc2ccccc2)C1(C)C. The maximum absolute atomic E-state index is 13.3. The zero-order valence-corrected chi connectivity index (χ0v) is 16.9. The Bertz CT molecular complexity index is 935. The lowest BCUT2D eigenvalue weighted by Crippen LogP contribution is -2.59. The highest BCUT2D eigenvalue weighted by Gasteiger charge is 2.58. The van der Waals surface area contributed by atoms with Gasteiger partial charge in [0.25, 0.3) is 0 Å². The highest BCUT2D eigenvalue weighted by Crippen LogP contribution is 2.39. The van der Waals surface area contributed by atoms with E-state index in [4.69, 9.17) is 0 Å². The molecule has 0 saturated carbocycles. The topological polar surface area (TPSA) is 113 Å². The molecule has 0 aliphatic carbocycles. The van der Waals surface area contributed by atoms with Crippen molar-refractivity contribution < 1.29 is 24.7 Å². The van der Waals surface area contributed by atoms with E-state index in [0.29, 0.717) is 16.4 Å². The molecule has 1 aliphatic heterocycles. The molecule has 3 N–H and O–H groups in total. The average molecular weight is 412 g/mol. The zero-order chi connectivity index (χ0) is 22.1. The molecule has 9 nitrogen and oxygen atoms in total. The van der Waals surface area contributed by atoms with Crippen LogP contribution in [-0.4, -0.2) is 56.1 Å². The van der Waals surface area contributed by atoms with Crippen LogP contribution in [0.2, 0.25) is 0 Å². The summed E-state index contributed by atoms with van der Waals surface area (Å²) in [6.07, 6.45) is -1.18. The monoisotopic (exact) mass is 412 g/mol. The minimum Gasteiger partial charge on any atom is -0.480 e. The first-order chi connectivity index (χ1) is 14.2. The Morgan fingerprint density at radius 1 is 1.07 bits per heavy atom. The van der Waals surface area contributed by atoms with Crippen LogP contribution in [0.1, 0.15) is 20.8 Å². The van der Waals surface area contributed by atoms with Gasteiger partial charge in [0.2, 0.25) is 0 Å². The molecule has 0 spiro atoms. The molecule has 3 rings (SSSR count). The molecule has 158 valence electrons. The van der Waals surface area contributed by atoms with Gasteiger partial charge < -0.3 is 15.3 Å². The summed E-state index contributed by atoms with van der Waals surface area (Å²) in [7, 11) is 0. The Morgan fingerprint density at radius 3 is 2.13 bits per heavy atom. The molecular formula is C21H24N4O5. The van der Waals surface area contributed by atoms with Crippen molar-refractivity contribution in [3.05, 3.63) is 60.7 Å². The number of carboxylic acid groups (broad SMARTS) is 1. The highest BCUT2D eigenvalue weighted by molar-refractivity contribution is 5.99. The molecule has 30 heavy (non-hydrogen) atoms. The summed E-state index contributed by atoms with van der Waals surface area (Å²) in [6.45, 7) is 4.60. The van der Waals surface area contributed by atoms with E-state index < -0.39 is 35.8 Å². The summed E-state index contributed by atoms with van der Waals surface area (Å²) in [5, 5.41) is 23.4. The van der Waals surface area contributed by atoms with Gasteiger partial charge in [-0.25, -0.2) is 14.4 Å². The second-order valence-corrected chi connectivity index (χ2v) is 7.54. The van der Waals surface area contributed by atoms with Crippen LogP contribution >= 0.6 is 0 Å². The van der Waals surface area contributed by atoms with Crippen molar-refractivity contribution in [1.29, 1.82) is 0 Å². The van der Waals surface area contributed by atoms with Gasteiger partial charge in [-0.3, -0.25) is 10.1 Å². The van der Waals surface area contributed by atoms with Crippen LogP contribution in [0.25, 0.3) is 0 Å². The third-order valence-electron chi connectivity index (χ3n) is 5.15. The van der Waals surface area contributed by atoms with E-state index >= 15 is 0 Å². The van der Waals surface area contributed by atoms with Gasteiger partial charge in [0, 0.05) is 11.4 Å². The smallest absolute Gasteiger partial charge is 0.347 e. The van der Waals surface area contributed by atoms with Crippen molar-refractivity contribution >= 4 is 29.4 Å². The third-order valence-corrected chi connectivity index (χ3v) is 5.15. The Morgan fingerprint density at radius 2 is 1.60 bits per heavy atom. The van der Waals surface area contributed by atoms with Gasteiger partial charge in [-0.05, 0) is 45.0 Å². The number of nitrogens with zero attached hydrogens (tertiary/aromatic N) is 3. The predicted octanol–water partition coefficient (Wildman–Crippen LogP) is 3.43. The van der Waals surface area contributed by atoms with Gasteiger partial charge >= 0.3 is 18.0 Å². The molecule has 9 heteroatoms. The minimum absolute atomic E-state index is 0.423. The van der Waals surface area contributed by atoms with Crippen LogP contribution in [-0.2, 0) is 4.79 Å². The molecule has 2 aromatic carbocycles. The lowest BCUT2D eigenvalue weighted by atomic mass is 9.98. The number of anilines is 2. The lowest BCUT2D eigenvalue weighted by molar-refractivity contribution is -0.145. The molecule has 2 atom stereocenters. The number of hydrogen-bond acceptors (Lipinski definition) is 4. The number of carbonyl (C=O) groups is 3. The van der Waals surface area contributed by atoms with Gasteiger partial charge in [-0.2, -0.15) is 5.06 Å². The summed E-state index contributed by atoms with van der Waals surface area (Å²) in [5.74, 6) is -1.19. The average Bonchev–Trinajstić information content (AvgIpc) is 2.93. The van der Waals surface area contributed by atoms with Crippen molar-refractivity contribution in [2.45, 2.75) is 38.5 Å². The van der Waals surface area contributed by atoms with E-state index in [9.17, 15) is 24.7 Å². The summed E-state index contributed by atoms with van der Waals surface area (Å²) >= 11 is 0. The molecule has 2 aromatic rings. The molecule has 1 fully saturated rings. The van der Waals surface area contributed by atoms with Crippen LogP contribution in [0.15, 0.2) is 60.7 Å². The molecule has 1 saturated heterocycles. The van der Waals surface area contributed by atoms with Gasteiger partial charge in [0.1, 0.15) is 6.04 Å². The maximum Gasteiger partial charge on any atom is 0.347 e. The van der Waals surface area contributed by atoms with E-state index in [1.165, 1.54) is 11.8 Å². The van der Waals surface area contributed by atoms with E-state index in [1.807, 2.05) is 0 Å². The second kappa shape index (κ2) is 8.03. The van der Waals surface area contributed by atoms with Gasteiger partial charge in [-0.1, -0.05) is 36.4 Å². The molecule has 2 unspecified atom stereocenters. The summed E-state index contributed by atoms with van der Waals surface area (Å²) in [4.78, 5) is 40.1. The molecule has 0 bridgehead atoms. The zero-order valence-electron chi connectivity index (χ0n) is 16.9. The van der Waals surface area contributed by atoms with E-state index in [2.05, 4.69) is 5.32 Å². The van der Waals surface area contributed by atoms with Crippen molar-refractivity contribution in [3.8, 4) is 0 Å². The fourth-order valence-electron chi connectivity index (χ4n) is 3.74. The number of nitrogens with one attached hydrogen (secondary N) is 1. The summed E-state index contributed by atoms with van der Waals surface area (Å²) < 4.78 is 0. The van der Waals surface area contributed by atoms with Gasteiger partial charge in [-0.15, -0.1) is 0 Å². The van der Waals surface area contributed by atoms with Gasteiger partial charge in [0.05, 0.1) is 5.54 Å². The first kappa shape index (κ1) is 21.1. The minimum atomic E-state index is -1.23. The molecule has 0 radical (unpaired) electrons. The first-order valence-corrected chi connectivity index (χ1v) is 9.40. The van der Waals surface area contributed by atoms with Crippen LogP contribution in [0.3, 0.4) is 0 Å². The summed E-state index contributed by atoms with van der Waals surface area (Å²) in [5.41, 5.74) is -0.342. The predicted molar refractivity (Wildman–Crippen MR) is 110 cm³/mol. The lowest BCUT2D eigenvalue weighted by Gasteiger charge is -2.39. The molecule has 0 aromatic heterocycles. The standard InChI is InChI=1S/C21H24N4O5/c1-14(17(26)27)24-20(29)23(16-12-8-5-9-13-16)18(21(24,2)3)25(30)19(28)22-15-10-6-4-7-11-15/h4-14,18,30H,1-3H3,(H,22,28)(H,26,27). The fraction of sp³-hybridized carbons (Fsp3) is 0.286. The number of carbonyl (C=O) groups excluding carboxylic acids is 2. The number of carboxylic acids is 1. The molecular weight excluding hydrogens is 388 g/mol. The van der Waals surface area contributed by atoms with Crippen LogP contribution in [0.4, 0.5) is 21.0 Å². The Balaban J connectivity index is 2.02. The quantitative estimate of drug-likeness (QED) is 0.514. The van der Waals surface area contributed by atoms with E-state index in [1.54, 1.807) is 74.5 Å². The Labute approximate surface area is 174 Å². The van der Waals surface area contributed by atoms with Gasteiger partial charge in [0.15, 0.2) is 6.17 Å². The number of urea groups is 2. The van der Waals surface area contributed by atoms with Crippen molar-refractivity contribution in [1.82, 2.24) is 9.96 Å². The molecule has 4 amide bonds. The molecule has 1 heterocycles. The maximum atomic E-state index is 13.3. The highest BCUT2D eigenvalue weighted by atomic mass is 16.5. The number of benzene rings is 2. The van der Waals surface area contributed by atoms with E-state index in [0.717, 1.165) is 4.90 Å². The number of rotatable bonds is 5. The number of para-hydroxylation sites is 2. The van der Waals surface area contributed by atoms with Crippen molar-refractivity contribution in [2.75, 3.05) is 10.2 Å². The number of aliphatic carboxylic acids is 1. The number of hydrogen-bond donors (Lipinski definition) is 3. The first-order valence-electron chi connectivity index (χ1n) is 9.40. The fourth-order valence-corrected chi connectivity index (χ4v) is 3.74. The third kappa shape index (κ3) is 3.67. The van der Waals surface area contributed by atoms with Crippen molar-refractivity contribution in [2.24, 2.45) is 0 Å².